The van der Waals surface area contributed by atoms with Gasteiger partial charge >= 0.3 is 5.97 Å². The van der Waals surface area contributed by atoms with Crippen LogP contribution in [0, 0.1) is 5.92 Å². The summed E-state index contributed by atoms with van der Waals surface area (Å²) in [6, 6.07) is 11.0. The first kappa shape index (κ1) is 13.6. The summed E-state index contributed by atoms with van der Waals surface area (Å²) >= 11 is 0. The molecule has 3 heteroatoms. The fourth-order valence-electron chi connectivity index (χ4n) is 3.46. The Hall–Kier alpha value is -1.35. The number of rotatable bonds is 6. The smallest absolute Gasteiger partial charge is 0.323 e. The van der Waals surface area contributed by atoms with Gasteiger partial charge in [-0.1, -0.05) is 30.3 Å². The van der Waals surface area contributed by atoms with Gasteiger partial charge in [-0.2, -0.15) is 0 Å². The fourth-order valence-corrected chi connectivity index (χ4v) is 3.46. The van der Waals surface area contributed by atoms with Crippen LogP contribution in [0.1, 0.15) is 37.7 Å². The number of unbranched alkanes of at least 4 members (excludes halogenated alkanes) is 1. The maximum absolute atomic E-state index is 12.0. The molecule has 0 spiro atoms. The van der Waals surface area contributed by atoms with E-state index in [1.807, 2.05) is 6.07 Å². The topological polar surface area (TPSA) is 38.3 Å². The van der Waals surface area contributed by atoms with Gasteiger partial charge in [0.05, 0.1) is 6.61 Å². The molecule has 1 heterocycles. The normalized spacial score (nSPS) is 27.7. The van der Waals surface area contributed by atoms with Crippen molar-refractivity contribution in [2.24, 2.45) is 5.92 Å². The molecule has 3 rings (SSSR count). The minimum atomic E-state index is -0.0306. The molecule has 3 nitrogen and oxygen atoms in total. The van der Waals surface area contributed by atoms with Gasteiger partial charge in [0, 0.05) is 6.04 Å². The highest BCUT2D eigenvalue weighted by molar-refractivity contribution is 5.77. The average molecular weight is 273 g/mol. The maximum Gasteiger partial charge on any atom is 0.323 e. The summed E-state index contributed by atoms with van der Waals surface area (Å²) in [5.41, 5.74) is 1.36. The Kier molecular flexibility index (Phi) is 4.36. The lowest BCUT2D eigenvalue weighted by molar-refractivity contribution is -0.147. The predicted molar refractivity (Wildman–Crippen MR) is 78.4 cm³/mol. The number of carbonyl (C=O) groups is 1. The molecular formula is C17H23NO2. The number of aryl methyl sites for hydroxylation is 1. The lowest BCUT2D eigenvalue weighted by Gasteiger charge is -2.21. The van der Waals surface area contributed by atoms with E-state index in [1.165, 1.54) is 18.4 Å². The molecule has 1 saturated heterocycles. The first-order valence-corrected chi connectivity index (χ1v) is 7.79. The third-order valence-electron chi connectivity index (χ3n) is 4.56. The van der Waals surface area contributed by atoms with Crippen molar-refractivity contribution in [1.82, 2.24) is 5.32 Å². The Balaban J connectivity index is 1.31. The summed E-state index contributed by atoms with van der Waals surface area (Å²) in [5.74, 6) is 0.494. The molecule has 1 N–H and O–H groups in total. The Bertz CT molecular complexity index is 446. The maximum atomic E-state index is 12.0. The minimum absolute atomic E-state index is 0.0251. The second-order valence-electron chi connectivity index (χ2n) is 6.02. The fraction of sp³-hybridized carbons (Fsp3) is 0.588. The number of nitrogens with one attached hydrogen (secondary N) is 1. The first-order chi connectivity index (χ1) is 9.83. The lowest BCUT2D eigenvalue weighted by Crippen LogP contribution is -2.42. The van der Waals surface area contributed by atoms with Gasteiger partial charge in [-0.25, -0.2) is 0 Å². The van der Waals surface area contributed by atoms with Crippen molar-refractivity contribution in [2.45, 2.75) is 50.6 Å². The van der Waals surface area contributed by atoms with Crippen molar-refractivity contribution in [1.29, 1.82) is 0 Å². The summed E-state index contributed by atoms with van der Waals surface area (Å²) in [4.78, 5) is 12.0. The summed E-state index contributed by atoms with van der Waals surface area (Å²) in [6.45, 7) is 0.557. The van der Waals surface area contributed by atoms with Crippen LogP contribution in [0.15, 0.2) is 30.3 Å². The largest absolute Gasteiger partial charge is 0.465 e. The molecule has 0 amide bonds. The van der Waals surface area contributed by atoms with Crippen molar-refractivity contribution in [3.63, 3.8) is 0 Å². The van der Waals surface area contributed by atoms with Crippen LogP contribution in [0.3, 0.4) is 0 Å². The van der Waals surface area contributed by atoms with Crippen LogP contribution >= 0.6 is 0 Å². The summed E-state index contributed by atoms with van der Waals surface area (Å²) in [5, 5.41) is 3.38. The Morgan fingerprint density at radius 3 is 2.75 bits per heavy atom. The van der Waals surface area contributed by atoms with E-state index < -0.39 is 0 Å². The van der Waals surface area contributed by atoms with E-state index in [1.54, 1.807) is 0 Å². The van der Waals surface area contributed by atoms with Gasteiger partial charge < -0.3 is 10.1 Å². The molecule has 3 unspecified atom stereocenters. The molecule has 20 heavy (non-hydrogen) atoms. The molecule has 0 radical (unpaired) electrons. The number of ether oxygens (including phenoxy) is 1. The van der Waals surface area contributed by atoms with E-state index in [2.05, 4.69) is 29.6 Å². The minimum Gasteiger partial charge on any atom is -0.465 e. The van der Waals surface area contributed by atoms with Gasteiger partial charge in [0.2, 0.25) is 0 Å². The van der Waals surface area contributed by atoms with Gasteiger partial charge in [0.15, 0.2) is 0 Å². The molecule has 108 valence electrons. The Morgan fingerprint density at radius 1 is 1.20 bits per heavy atom. The summed E-state index contributed by atoms with van der Waals surface area (Å²) in [6.07, 6.45) is 6.65. The van der Waals surface area contributed by atoms with Crippen LogP contribution in [0.25, 0.3) is 0 Å². The van der Waals surface area contributed by atoms with Gasteiger partial charge in [0.25, 0.3) is 0 Å². The van der Waals surface area contributed by atoms with E-state index in [-0.39, 0.29) is 12.0 Å². The highest BCUT2D eigenvalue weighted by atomic mass is 16.5. The second-order valence-corrected chi connectivity index (χ2v) is 6.02. The number of esters is 1. The van der Waals surface area contributed by atoms with Crippen LogP contribution in [0.2, 0.25) is 0 Å². The monoisotopic (exact) mass is 273 g/mol. The quantitative estimate of drug-likeness (QED) is 0.640. The molecule has 2 fully saturated rings. The van der Waals surface area contributed by atoms with Crippen LogP contribution < -0.4 is 5.32 Å². The zero-order chi connectivity index (χ0) is 13.8. The van der Waals surface area contributed by atoms with Crippen LogP contribution in [-0.4, -0.2) is 24.7 Å². The van der Waals surface area contributed by atoms with E-state index in [0.29, 0.717) is 18.6 Å². The molecule has 2 bridgehead atoms. The third-order valence-corrected chi connectivity index (χ3v) is 4.56. The third kappa shape index (κ3) is 3.21. The number of hydrogen-bond acceptors (Lipinski definition) is 3. The van der Waals surface area contributed by atoms with Gasteiger partial charge in [-0.15, -0.1) is 0 Å². The van der Waals surface area contributed by atoms with Crippen molar-refractivity contribution in [3.05, 3.63) is 35.9 Å². The van der Waals surface area contributed by atoms with Gasteiger partial charge in [-0.05, 0) is 50.0 Å². The van der Waals surface area contributed by atoms with Crippen molar-refractivity contribution in [3.8, 4) is 0 Å². The molecule has 1 aliphatic heterocycles. The zero-order valence-corrected chi connectivity index (χ0v) is 11.9. The van der Waals surface area contributed by atoms with Crippen LogP contribution in [0.4, 0.5) is 0 Å². The molecule has 0 aromatic heterocycles. The lowest BCUT2D eigenvalue weighted by atomic mass is 10.0. The predicted octanol–water partition coefficient (Wildman–Crippen LogP) is 2.69. The van der Waals surface area contributed by atoms with Crippen LogP contribution in [-0.2, 0) is 16.0 Å². The van der Waals surface area contributed by atoms with Crippen LogP contribution in [0.5, 0.6) is 0 Å². The van der Waals surface area contributed by atoms with Crippen molar-refractivity contribution < 1.29 is 9.53 Å². The number of hydrogen-bond donors (Lipinski definition) is 1. The highest BCUT2D eigenvalue weighted by Crippen LogP contribution is 2.35. The number of benzene rings is 1. The van der Waals surface area contributed by atoms with E-state index >= 15 is 0 Å². The van der Waals surface area contributed by atoms with Crippen molar-refractivity contribution in [2.75, 3.05) is 6.61 Å². The zero-order valence-electron chi connectivity index (χ0n) is 11.9. The molecule has 3 atom stereocenters. The van der Waals surface area contributed by atoms with Gasteiger partial charge in [-0.3, -0.25) is 4.79 Å². The first-order valence-electron chi connectivity index (χ1n) is 7.79. The molecule has 1 aromatic carbocycles. The van der Waals surface area contributed by atoms with E-state index in [0.717, 1.165) is 25.7 Å². The standard InChI is InChI=1S/C17H23NO2/c19-17(16-14-9-10-15(12-14)18-16)20-11-5-4-8-13-6-2-1-3-7-13/h1-3,6-7,14-16,18H,4-5,8-12H2. The van der Waals surface area contributed by atoms with Gasteiger partial charge in [0.1, 0.15) is 6.04 Å². The van der Waals surface area contributed by atoms with Crippen molar-refractivity contribution >= 4 is 5.97 Å². The molecular weight excluding hydrogens is 250 g/mol. The molecule has 1 saturated carbocycles. The summed E-state index contributed by atoms with van der Waals surface area (Å²) in [7, 11) is 0. The number of carbonyl (C=O) groups excluding carboxylic acids is 1. The van der Waals surface area contributed by atoms with E-state index in [4.69, 9.17) is 4.74 Å². The Labute approximate surface area is 120 Å². The number of piperidine rings is 1. The number of fused-ring (bicyclic) bond motifs is 2. The average Bonchev–Trinajstić information content (AvgIpc) is 3.10. The highest BCUT2D eigenvalue weighted by Gasteiger charge is 2.43. The molecule has 1 aliphatic carbocycles. The summed E-state index contributed by atoms with van der Waals surface area (Å²) < 4.78 is 5.42. The van der Waals surface area contributed by atoms with E-state index in [9.17, 15) is 4.79 Å². The Morgan fingerprint density at radius 2 is 2.05 bits per heavy atom. The molecule has 2 aliphatic rings. The molecule has 1 aromatic rings. The SMILES string of the molecule is O=C(OCCCCc1ccccc1)C1NC2CCC1C2. The second kappa shape index (κ2) is 6.40.